The van der Waals surface area contributed by atoms with Crippen LogP contribution in [0.4, 0.5) is 0 Å². The van der Waals surface area contributed by atoms with Crippen LogP contribution in [0.3, 0.4) is 0 Å². The Morgan fingerprint density at radius 2 is 2.12 bits per heavy atom. The molecule has 0 aliphatic carbocycles. The smallest absolute Gasteiger partial charge is 0.251 e. The summed E-state index contributed by atoms with van der Waals surface area (Å²) >= 11 is 0. The largest absolute Gasteiger partial charge is 0.496 e. The minimum absolute atomic E-state index is 0.113. The Morgan fingerprint density at radius 3 is 2.65 bits per heavy atom. The van der Waals surface area contributed by atoms with Gasteiger partial charge >= 0.3 is 0 Å². The van der Waals surface area contributed by atoms with Crippen molar-refractivity contribution in [1.82, 2.24) is 5.32 Å². The molecule has 1 amide bonds. The van der Waals surface area contributed by atoms with Crippen molar-refractivity contribution in [2.75, 3.05) is 14.2 Å². The minimum atomic E-state index is -0.113. The number of carbonyl (C=O) groups excluding carboxylic acids is 1. The lowest BCUT2D eigenvalue weighted by Crippen LogP contribution is -2.18. The molecule has 0 spiro atoms. The van der Waals surface area contributed by atoms with Gasteiger partial charge in [0.25, 0.3) is 5.91 Å². The van der Waals surface area contributed by atoms with Crippen LogP contribution in [0, 0.1) is 0 Å². The molecular weight excluding hydrogens is 218 g/mol. The molecule has 0 fully saturated rings. The van der Waals surface area contributed by atoms with E-state index in [1.165, 1.54) is 0 Å². The van der Waals surface area contributed by atoms with E-state index in [0.29, 0.717) is 12.2 Å². The number of nitrogens with one attached hydrogen (secondary N) is 1. The van der Waals surface area contributed by atoms with Crippen LogP contribution in [0.1, 0.15) is 29.8 Å². The summed E-state index contributed by atoms with van der Waals surface area (Å²) < 4.78 is 10.8. The van der Waals surface area contributed by atoms with Crippen molar-refractivity contribution < 1.29 is 14.3 Å². The van der Waals surface area contributed by atoms with Crippen molar-refractivity contribution in [3.05, 3.63) is 29.3 Å². The van der Waals surface area contributed by atoms with Gasteiger partial charge in [-0.3, -0.25) is 4.79 Å². The Bertz CT molecular complexity index is 388. The molecule has 1 N–H and O–H groups in total. The average molecular weight is 237 g/mol. The number of carbonyl (C=O) groups is 1. The molecule has 0 radical (unpaired) electrons. The fraction of sp³-hybridized carbons (Fsp3) is 0.462. The predicted octanol–water partition coefficient (Wildman–Crippen LogP) is 1.98. The number of methoxy groups -OCH3 is 1. The minimum Gasteiger partial charge on any atom is -0.496 e. The molecule has 0 aliphatic heterocycles. The predicted molar refractivity (Wildman–Crippen MR) is 66.3 cm³/mol. The lowest BCUT2D eigenvalue weighted by molar-refractivity contribution is 0.0644. The fourth-order valence-corrected chi connectivity index (χ4v) is 1.43. The van der Waals surface area contributed by atoms with Crippen LogP contribution in [-0.4, -0.2) is 26.2 Å². The third kappa shape index (κ3) is 3.75. The van der Waals surface area contributed by atoms with E-state index >= 15 is 0 Å². The Balaban J connectivity index is 2.93. The molecule has 94 valence electrons. The number of amides is 1. The van der Waals surface area contributed by atoms with Crippen molar-refractivity contribution in [3.8, 4) is 5.75 Å². The quantitative estimate of drug-likeness (QED) is 0.851. The molecule has 0 atom stereocenters. The van der Waals surface area contributed by atoms with Crippen molar-refractivity contribution in [3.63, 3.8) is 0 Å². The lowest BCUT2D eigenvalue weighted by Gasteiger charge is -2.12. The summed E-state index contributed by atoms with van der Waals surface area (Å²) in [5.74, 6) is 0.622. The van der Waals surface area contributed by atoms with E-state index in [1.54, 1.807) is 32.4 Å². The number of benzene rings is 1. The highest BCUT2D eigenvalue weighted by molar-refractivity contribution is 5.94. The summed E-state index contributed by atoms with van der Waals surface area (Å²) in [5, 5.41) is 2.59. The molecular formula is C13H19NO3. The van der Waals surface area contributed by atoms with Gasteiger partial charge in [-0.2, -0.15) is 0 Å². The van der Waals surface area contributed by atoms with Gasteiger partial charge in [0.1, 0.15) is 5.75 Å². The summed E-state index contributed by atoms with van der Waals surface area (Å²) in [6.45, 7) is 4.37. The Kier molecular flexibility index (Phi) is 4.97. The van der Waals surface area contributed by atoms with Gasteiger partial charge in [0, 0.05) is 18.2 Å². The lowest BCUT2D eigenvalue weighted by atomic mass is 10.1. The SMILES string of the molecule is CNC(=O)c1ccc(OC)c(COC(C)C)c1. The second-order valence-corrected chi connectivity index (χ2v) is 3.97. The highest BCUT2D eigenvalue weighted by atomic mass is 16.5. The summed E-state index contributed by atoms with van der Waals surface area (Å²) in [6.07, 6.45) is 0.142. The van der Waals surface area contributed by atoms with E-state index in [9.17, 15) is 4.79 Å². The zero-order valence-electron chi connectivity index (χ0n) is 10.7. The maximum absolute atomic E-state index is 11.5. The summed E-state index contributed by atoms with van der Waals surface area (Å²) in [4.78, 5) is 11.5. The monoisotopic (exact) mass is 237 g/mol. The van der Waals surface area contributed by atoms with E-state index in [2.05, 4.69) is 5.32 Å². The molecule has 1 aromatic rings. The summed E-state index contributed by atoms with van der Waals surface area (Å²) in [7, 11) is 3.21. The van der Waals surface area contributed by atoms with Crippen LogP contribution in [0.2, 0.25) is 0 Å². The van der Waals surface area contributed by atoms with Crippen molar-refractivity contribution >= 4 is 5.91 Å². The number of rotatable bonds is 5. The molecule has 1 rings (SSSR count). The van der Waals surface area contributed by atoms with Crippen LogP contribution in [0.5, 0.6) is 5.75 Å². The molecule has 4 nitrogen and oxygen atoms in total. The van der Waals surface area contributed by atoms with Crippen molar-refractivity contribution in [2.24, 2.45) is 0 Å². The van der Waals surface area contributed by atoms with Gasteiger partial charge in [-0.1, -0.05) is 0 Å². The normalized spacial score (nSPS) is 10.4. The van der Waals surface area contributed by atoms with E-state index in [4.69, 9.17) is 9.47 Å². The molecule has 0 unspecified atom stereocenters. The maximum Gasteiger partial charge on any atom is 0.251 e. The Labute approximate surface area is 102 Å². The van der Waals surface area contributed by atoms with E-state index in [-0.39, 0.29) is 12.0 Å². The first kappa shape index (κ1) is 13.5. The molecule has 4 heteroatoms. The van der Waals surface area contributed by atoms with Gasteiger partial charge in [0.2, 0.25) is 0 Å². The van der Waals surface area contributed by atoms with E-state index in [1.807, 2.05) is 13.8 Å². The van der Waals surface area contributed by atoms with Crippen molar-refractivity contribution in [1.29, 1.82) is 0 Å². The Morgan fingerprint density at radius 1 is 1.41 bits per heavy atom. The van der Waals surface area contributed by atoms with Gasteiger partial charge in [-0.15, -0.1) is 0 Å². The maximum atomic E-state index is 11.5. The third-order valence-corrected chi connectivity index (χ3v) is 2.34. The summed E-state index contributed by atoms with van der Waals surface area (Å²) in [6, 6.07) is 5.31. The number of hydrogen-bond donors (Lipinski definition) is 1. The highest BCUT2D eigenvalue weighted by Crippen LogP contribution is 2.21. The standard InChI is InChI=1S/C13H19NO3/c1-9(2)17-8-11-7-10(13(15)14-3)5-6-12(11)16-4/h5-7,9H,8H2,1-4H3,(H,14,15). The van der Waals surface area contributed by atoms with Gasteiger partial charge in [0.05, 0.1) is 19.8 Å². The van der Waals surface area contributed by atoms with Gasteiger partial charge in [-0.25, -0.2) is 0 Å². The second-order valence-electron chi connectivity index (χ2n) is 3.97. The van der Waals surface area contributed by atoms with Crippen LogP contribution in [0.25, 0.3) is 0 Å². The van der Waals surface area contributed by atoms with Gasteiger partial charge in [-0.05, 0) is 32.0 Å². The summed E-state index contributed by atoms with van der Waals surface area (Å²) in [5.41, 5.74) is 1.48. The van der Waals surface area contributed by atoms with Gasteiger partial charge in [0.15, 0.2) is 0 Å². The average Bonchev–Trinajstić information content (AvgIpc) is 2.34. The molecule has 0 heterocycles. The molecule has 1 aromatic carbocycles. The molecule has 0 aromatic heterocycles. The van der Waals surface area contributed by atoms with Crippen LogP contribution < -0.4 is 10.1 Å². The zero-order valence-corrected chi connectivity index (χ0v) is 10.7. The first-order chi connectivity index (χ1) is 8.08. The molecule has 0 aliphatic rings. The fourth-order valence-electron chi connectivity index (χ4n) is 1.43. The van der Waals surface area contributed by atoms with Crippen LogP contribution >= 0.6 is 0 Å². The molecule has 0 bridgehead atoms. The van der Waals surface area contributed by atoms with Crippen LogP contribution in [-0.2, 0) is 11.3 Å². The van der Waals surface area contributed by atoms with Crippen LogP contribution in [0.15, 0.2) is 18.2 Å². The zero-order chi connectivity index (χ0) is 12.8. The van der Waals surface area contributed by atoms with E-state index in [0.717, 1.165) is 11.3 Å². The van der Waals surface area contributed by atoms with E-state index < -0.39 is 0 Å². The Hall–Kier alpha value is -1.55. The number of ether oxygens (including phenoxy) is 2. The van der Waals surface area contributed by atoms with Crippen molar-refractivity contribution in [2.45, 2.75) is 26.6 Å². The second kappa shape index (κ2) is 6.25. The first-order valence-electron chi connectivity index (χ1n) is 5.59. The topological polar surface area (TPSA) is 47.6 Å². The molecule has 0 saturated heterocycles. The first-order valence-corrected chi connectivity index (χ1v) is 5.59. The highest BCUT2D eigenvalue weighted by Gasteiger charge is 2.09. The third-order valence-electron chi connectivity index (χ3n) is 2.34. The number of hydrogen-bond acceptors (Lipinski definition) is 3. The van der Waals surface area contributed by atoms with Gasteiger partial charge < -0.3 is 14.8 Å². The molecule has 17 heavy (non-hydrogen) atoms. The molecule has 0 saturated carbocycles.